The monoisotopic (exact) mass is 682 g/mol. The number of nitrogens with zero attached hydrogens (tertiary/aromatic N) is 4. The predicted molar refractivity (Wildman–Crippen MR) is 209 cm³/mol. The molecule has 4 heterocycles. The molecule has 0 atom stereocenters. The van der Waals surface area contributed by atoms with Gasteiger partial charge in [-0.05, 0) is 42.0 Å². The lowest BCUT2D eigenvalue weighted by atomic mass is 10.00. The van der Waals surface area contributed by atoms with Crippen LogP contribution in [0.5, 0.6) is 0 Å². The SMILES string of the molecule is c1ccc(-c2nc(-c3cccc(-c4cccc5c4oc4ccccc45)c3)nc(-c3cccc4oc5c(-c6nc7ccccc7o6)cccc5c34)n2)cc1. The Kier molecular flexibility index (Phi) is 6.42. The summed E-state index contributed by atoms with van der Waals surface area (Å²) in [6, 6.07) is 52.5. The summed E-state index contributed by atoms with van der Waals surface area (Å²) in [5.41, 5.74) is 10.00. The summed E-state index contributed by atoms with van der Waals surface area (Å²) in [5, 5.41) is 4.00. The number of hydrogen-bond donors (Lipinski definition) is 0. The molecule has 0 spiro atoms. The number of hydrogen-bond acceptors (Lipinski definition) is 7. The van der Waals surface area contributed by atoms with Gasteiger partial charge in [-0.3, -0.25) is 0 Å². The van der Waals surface area contributed by atoms with Crippen LogP contribution in [0.15, 0.2) is 171 Å². The quantitative estimate of drug-likeness (QED) is 0.178. The topological polar surface area (TPSA) is 91.0 Å². The molecule has 0 aliphatic rings. The van der Waals surface area contributed by atoms with E-state index >= 15 is 0 Å². The molecular formula is C46H26N4O3. The Morgan fingerprint density at radius 3 is 1.81 bits per heavy atom. The Morgan fingerprint density at radius 2 is 0.925 bits per heavy atom. The largest absolute Gasteiger partial charge is 0.455 e. The van der Waals surface area contributed by atoms with Gasteiger partial charge < -0.3 is 13.3 Å². The first kappa shape index (κ1) is 29.4. The van der Waals surface area contributed by atoms with Crippen molar-refractivity contribution in [1.29, 1.82) is 0 Å². The van der Waals surface area contributed by atoms with E-state index in [1.54, 1.807) is 0 Å². The van der Waals surface area contributed by atoms with Crippen LogP contribution < -0.4 is 0 Å². The van der Waals surface area contributed by atoms with Crippen molar-refractivity contribution in [2.24, 2.45) is 0 Å². The molecule has 0 amide bonds. The Morgan fingerprint density at radius 1 is 0.340 bits per heavy atom. The van der Waals surface area contributed by atoms with Gasteiger partial charge in [0, 0.05) is 43.8 Å². The van der Waals surface area contributed by atoms with E-state index in [2.05, 4.69) is 42.5 Å². The molecule has 248 valence electrons. The highest BCUT2D eigenvalue weighted by Crippen LogP contribution is 2.41. The summed E-state index contributed by atoms with van der Waals surface area (Å²) in [6.07, 6.45) is 0. The Bertz CT molecular complexity index is 3160. The van der Waals surface area contributed by atoms with Crippen LogP contribution >= 0.6 is 0 Å². The molecule has 0 aliphatic carbocycles. The van der Waals surface area contributed by atoms with Gasteiger partial charge >= 0.3 is 0 Å². The molecule has 7 nitrogen and oxygen atoms in total. The minimum absolute atomic E-state index is 0.504. The summed E-state index contributed by atoms with van der Waals surface area (Å²) in [5.74, 6) is 2.18. The molecule has 0 aliphatic heterocycles. The van der Waals surface area contributed by atoms with Crippen LogP contribution in [-0.2, 0) is 0 Å². The molecule has 7 aromatic carbocycles. The number of furan rings is 2. The van der Waals surface area contributed by atoms with Crippen molar-refractivity contribution in [2.45, 2.75) is 0 Å². The van der Waals surface area contributed by atoms with Crippen molar-refractivity contribution >= 4 is 55.0 Å². The highest BCUT2D eigenvalue weighted by atomic mass is 16.4. The van der Waals surface area contributed by atoms with Crippen molar-refractivity contribution in [3.8, 4) is 56.7 Å². The molecule has 53 heavy (non-hydrogen) atoms. The second-order valence-electron chi connectivity index (χ2n) is 13.0. The molecule has 0 saturated heterocycles. The van der Waals surface area contributed by atoms with Crippen LogP contribution in [0.4, 0.5) is 0 Å². The zero-order valence-electron chi connectivity index (χ0n) is 28.0. The third-order valence-electron chi connectivity index (χ3n) is 9.79. The number of para-hydroxylation sites is 5. The number of benzene rings is 7. The minimum Gasteiger partial charge on any atom is -0.455 e. The second-order valence-corrected chi connectivity index (χ2v) is 13.0. The molecule has 11 rings (SSSR count). The summed E-state index contributed by atoms with van der Waals surface area (Å²) >= 11 is 0. The fraction of sp³-hybridized carbons (Fsp3) is 0. The predicted octanol–water partition coefficient (Wildman–Crippen LogP) is 12.1. The summed E-state index contributed by atoms with van der Waals surface area (Å²) in [4.78, 5) is 20.1. The lowest BCUT2D eigenvalue weighted by molar-refractivity contribution is 0.615. The van der Waals surface area contributed by atoms with Gasteiger partial charge in [0.05, 0.1) is 5.56 Å². The average molecular weight is 683 g/mol. The number of rotatable bonds is 5. The van der Waals surface area contributed by atoms with E-state index in [1.165, 1.54) is 0 Å². The third kappa shape index (κ3) is 4.75. The molecule has 7 heteroatoms. The molecule has 0 unspecified atom stereocenters. The van der Waals surface area contributed by atoms with Gasteiger partial charge in [0.25, 0.3) is 0 Å². The molecule has 0 saturated carbocycles. The van der Waals surface area contributed by atoms with Gasteiger partial charge in [-0.2, -0.15) is 0 Å². The highest BCUT2D eigenvalue weighted by molar-refractivity contribution is 6.15. The fourth-order valence-electron chi connectivity index (χ4n) is 7.33. The minimum atomic E-state index is 0.504. The number of oxazole rings is 1. The van der Waals surface area contributed by atoms with E-state index in [-0.39, 0.29) is 0 Å². The van der Waals surface area contributed by atoms with Gasteiger partial charge in [-0.15, -0.1) is 0 Å². The number of fused-ring (bicyclic) bond motifs is 7. The summed E-state index contributed by atoms with van der Waals surface area (Å²) in [6.45, 7) is 0. The standard InChI is InChI=1S/C46H26N4O3/c1-2-12-27(13-3-1)43-48-44(29-15-8-14-28(26-29)30-17-9-18-32-31-16-4-6-23-37(31)51-41(30)32)50-45(49-43)34-20-11-25-39-40(34)33-19-10-21-35(42(33)52-39)46-47-36-22-5-7-24-38(36)53-46/h1-26H. The first-order valence-corrected chi connectivity index (χ1v) is 17.4. The van der Waals surface area contributed by atoms with Crippen LogP contribution in [0, 0.1) is 0 Å². The maximum absolute atomic E-state index is 6.57. The second kappa shape index (κ2) is 11.6. The molecule has 4 aromatic heterocycles. The zero-order valence-corrected chi connectivity index (χ0v) is 28.0. The van der Waals surface area contributed by atoms with Crippen molar-refractivity contribution in [2.75, 3.05) is 0 Å². The molecule has 0 bridgehead atoms. The van der Waals surface area contributed by atoms with Crippen LogP contribution in [0.3, 0.4) is 0 Å². The first-order chi connectivity index (χ1) is 26.2. The van der Waals surface area contributed by atoms with Gasteiger partial charge in [-0.1, -0.05) is 121 Å². The maximum atomic E-state index is 6.57. The van der Waals surface area contributed by atoms with Crippen LogP contribution in [0.1, 0.15) is 0 Å². The third-order valence-corrected chi connectivity index (χ3v) is 9.79. The van der Waals surface area contributed by atoms with E-state index in [4.69, 9.17) is 33.2 Å². The van der Waals surface area contributed by atoms with Crippen molar-refractivity contribution in [3.05, 3.63) is 158 Å². The van der Waals surface area contributed by atoms with E-state index in [1.807, 2.05) is 115 Å². The van der Waals surface area contributed by atoms with E-state index in [9.17, 15) is 0 Å². The maximum Gasteiger partial charge on any atom is 0.231 e. The molecule has 0 radical (unpaired) electrons. The average Bonchev–Trinajstić information content (AvgIpc) is 3.94. The molecule has 11 aromatic rings. The lowest BCUT2D eigenvalue weighted by Gasteiger charge is -2.10. The van der Waals surface area contributed by atoms with Gasteiger partial charge in [-0.25, -0.2) is 19.9 Å². The molecular weight excluding hydrogens is 657 g/mol. The van der Waals surface area contributed by atoms with E-state index < -0.39 is 0 Å². The van der Waals surface area contributed by atoms with Crippen molar-refractivity contribution in [1.82, 2.24) is 19.9 Å². The molecule has 0 N–H and O–H groups in total. The van der Waals surface area contributed by atoms with Crippen molar-refractivity contribution in [3.63, 3.8) is 0 Å². The van der Waals surface area contributed by atoms with Crippen LogP contribution in [-0.4, -0.2) is 19.9 Å². The fourth-order valence-corrected chi connectivity index (χ4v) is 7.33. The Balaban J connectivity index is 1.10. The van der Waals surface area contributed by atoms with Gasteiger partial charge in [0.15, 0.2) is 23.1 Å². The highest BCUT2D eigenvalue weighted by Gasteiger charge is 2.21. The van der Waals surface area contributed by atoms with Gasteiger partial charge in [0.1, 0.15) is 27.8 Å². The Hall–Kier alpha value is -7.38. The van der Waals surface area contributed by atoms with Gasteiger partial charge in [0.2, 0.25) is 5.89 Å². The normalized spacial score (nSPS) is 11.8. The molecule has 0 fully saturated rings. The first-order valence-electron chi connectivity index (χ1n) is 17.4. The summed E-state index contributed by atoms with van der Waals surface area (Å²) in [7, 11) is 0. The van der Waals surface area contributed by atoms with Crippen LogP contribution in [0.25, 0.3) is 112 Å². The summed E-state index contributed by atoms with van der Waals surface area (Å²) < 4.78 is 19.1. The smallest absolute Gasteiger partial charge is 0.231 e. The Labute approximate surface area is 301 Å². The van der Waals surface area contributed by atoms with E-state index in [0.717, 1.165) is 77.2 Å². The van der Waals surface area contributed by atoms with Crippen molar-refractivity contribution < 1.29 is 13.3 Å². The lowest BCUT2D eigenvalue weighted by Crippen LogP contribution is -2.00. The van der Waals surface area contributed by atoms with Crippen LogP contribution in [0.2, 0.25) is 0 Å². The zero-order chi connectivity index (χ0) is 34.9. The van der Waals surface area contributed by atoms with E-state index in [0.29, 0.717) is 34.5 Å². The number of aromatic nitrogens is 4.